The van der Waals surface area contributed by atoms with Gasteiger partial charge >= 0.3 is 0 Å². The average Bonchev–Trinajstić information content (AvgIpc) is 3.26. The molecule has 0 radical (unpaired) electrons. The summed E-state index contributed by atoms with van der Waals surface area (Å²) in [4.78, 5) is 20.1. The molecule has 8 nitrogen and oxygen atoms in total. The van der Waals surface area contributed by atoms with Gasteiger partial charge in [-0.1, -0.05) is 0 Å². The number of anilines is 1. The van der Waals surface area contributed by atoms with Crippen LogP contribution in [0.4, 0.5) is 5.82 Å². The van der Waals surface area contributed by atoms with Crippen LogP contribution in [0.5, 0.6) is 11.5 Å². The maximum atomic E-state index is 13.1. The van der Waals surface area contributed by atoms with E-state index in [9.17, 15) is 4.79 Å². The summed E-state index contributed by atoms with van der Waals surface area (Å²) in [7, 11) is 3.25. The highest BCUT2D eigenvalue weighted by Crippen LogP contribution is 2.32. The predicted molar refractivity (Wildman–Crippen MR) is 126 cm³/mol. The highest BCUT2D eigenvalue weighted by Gasteiger charge is 2.29. The third kappa shape index (κ3) is 4.21. The molecule has 0 saturated carbocycles. The van der Waals surface area contributed by atoms with Gasteiger partial charge in [-0.15, -0.1) is 0 Å². The number of fused-ring (bicyclic) bond motifs is 3. The van der Waals surface area contributed by atoms with E-state index in [1.54, 1.807) is 14.2 Å². The standard InChI is InChI=1S/C25H31N5O3/c1-32-19-10-9-17(22(14-19)33-2)15-27-25(31)18-6-5-12-29(16-18)24-23-20-7-3-4-8-21(20)28-30(23)13-11-26-24/h9-11,13-14,18H,3-8,12,15-16H2,1-2H3,(H,27,31)/t18-/m1/s1. The molecule has 8 heteroatoms. The number of hydrogen-bond donors (Lipinski definition) is 1. The number of carbonyl (C=O) groups is 1. The molecule has 1 aliphatic carbocycles. The molecule has 174 valence electrons. The molecular formula is C25H31N5O3. The Morgan fingerprint density at radius 2 is 2.06 bits per heavy atom. The largest absolute Gasteiger partial charge is 0.497 e. The number of rotatable bonds is 6. The molecule has 1 aromatic carbocycles. The molecule has 3 heterocycles. The highest BCUT2D eigenvalue weighted by molar-refractivity contribution is 5.81. The molecule has 0 unspecified atom stereocenters. The van der Waals surface area contributed by atoms with Crippen LogP contribution in [0, 0.1) is 5.92 Å². The van der Waals surface area contributed by atoms with Crippen LogP contribution < -0.4 is 19.7 Å². The summed E-state index contributed by atoms with van der Waals surface area (Å²) in [5, 5.41) is 7.92. The van der Waals surface area contributed by atoms with Crippen molar-refractivity contribution < 1.29 is 14.3 Å². The monoisotopic (exact) mass is 449 g/mol. The zero-order valence-corrected chi connectivity index (χ0v) is 19.3. The second-order valence-electron chi connectivity index (χ2n) is 8.86. The number of carbonyl (C=O) groups excluding carboxylic acids is 1. The molecule has 2 aliphatic rings. The molecule has 1 amide bonds. The van der Waals surface area contributed by atoms with Gasteiger partial charge in [0, 0.05) is 49.2 Å². The van der Waals surface area contributed by atoms with Gasteiger partial charge in [0.2, 0.25) is 5.91 Å². The Kier molecular flexibility index (Phi) is 6.07. The first-order chi connectivity index (χ1) is 16.2. The second kappa shape index (κ2) is 9.29. The smallest absolute Gasteiger partial charge is 0.225 e. The molecule has 33 heavy (non-hydrogen) atoms. The van der Waals surface area contributed by atoms with Gasteiger partial charge in [0.05, 0.1) is 25.8 Å². The van der Waals surface area contributed by atoms with Crippen LogP contribution in [0.25, 0.3) is 5.52 Å². The van der Waals surface area contributed by atoms with Crippen molar-refractivity contribution >= 4 is 17.2 Å². The number of nitrogens with one attached hydrogen (secondary N) is 1. The van der Waals surface area contributed by atoms with Gasteiger partial charge in [0.25, 0.3) is 0 Å². The number of hydrogen-bond acceptors (Lipinski definition) is 6. The van der Waals surface area contributed by atoms with Crippen LogP contribution in [0.15, 0.2) is 30.6 Å². The summed E-state index contributed by atoms with van der Waals surface area (Å²) >= 11 is 0. The van der Waals surface area contributed by atoms with Crippen molar-refractivity contribution in [2.75, 3.05) is 32.2 Å². The number of aromatic nitrogens is 3. The summed E-state index contributed by atoms with van der Waals surface area (Å²) in [6.07, 6.45) is 10.1. The predicted octanol–water partition coefficient (Wildman–Crippen LogP) is 3.16. The fourth-order valence-electron chi connectivity index (χ4n) is 5.09. The number of benzene rings is 1. The minimum Gasteiger partial charge on any atom is -0.497 e. The van der Waals surface area contributed by atoms with E-state index in [-0.39, 0.29) is 11.8 Å². The molecule has 0 bridgehead atoms. The van der Waals surface area contributed by atoms with Crippen LogP contribution >= 0.6 is 0 Å². The van der Waals surface area contributed by atoms with E-state index in [0.717, 1.165) is 54.9 Å². The van der Waals surface area contributed by atoms with Gasteiger partial charge in [0.15, 0.2) is 5.82 Å². The van der Waals surface area contributed by atoms with Crippen molar-refractivity contribution in [3.05, 3.63) is 47.4 Å². The van der Waals surface area contributed by atoms with Gasteiger partial charge < -0.3 is 19.7 Å². The molecule has 1 fully saturated rings. The first-order valence-corrected chi connectivity index (χ1v) is 11.8. The first kappa shape index (κ1) is 21.6. The van der Waals surface area contributed by atoms with Crippen LogP contribution in [-0.4, -0.2) is 47.8 Å². The lowest BCUT2D eigenvalue weighted by Gasteiger charge is -2.33. The SMILES string of the molecule is COc1ccc(CNC(=O)[C@@H]2CCCN(c3nccn4nc5c(c34)CCCC5)C2)c(OC)c1. The van der Waals surface area contributed by atoms with E-state index >= 15 is 0 Å². The van der Waals surface area contributed by atoms with E-state index in [1.165, 1.54) is 24.1 Å². The zero-order valence-electron chi connectivity index (χ0n) is 19.3. The number of piperidine rings is 1. The van der Waals surface area contributed by atoms with Crippen molar-refractivity contribution in [3.63, 3.8) is 0 Å². The number of ether oxygens (including phenoxy) is 2. The Balaban J connectivity index is 1.31. The molecule has 0 spiro atoms. The maximum absolute atomic E-state index is 13.1. The van der Waals surface area contributed by atoms with Crippen LogP contribution in [0.1, 0.15) is 42.5 Å². The Bertz CT molecular complexity index is 1160. The fourth-order valence-corrected chi connectivity index (χ4v) is 5.09. The third-order valence-electron chi connectivity index (χ3n) is 6.84. The third-order valence-corrected chi connectivity index (χ3v) is 6.84. The first-order valence-electron chi connectivity index (χ1n) is 11.8. The van der Waals surface area contributed by atoms with Gasteiger partial charge in [0.1, 0.15) is 17.0 Å². The van der Waals surface area contributed by atoms with Crippen molar-refractivity contribution in [2.24, 2.45) is 5.92 Å². The average molecular weight is 450 g/mol. The summed E-state index contributed by atoms with van der Waals surface area (Å²) < 4.78 is 12.7. The molecule has 2 aromatic heterocycles. The lowest BCUT2D eigenvalue weighted by molar-refractivity contribution is -0.125. The number of aryl methyl sites for hydroxylation is 2. The van der Waals surface area contributed by atoms with Gasteiger partial charge in [-0.2, -0.15) is 5.10 Å². The second-order valence-corrected chi connectivity index (χ2v) is 8.86. The lowest BCUT2D eigenvalue weighted by Crippen LogP contribution is -2.43. The van der Waals surface area contributed by atoms with E-state index in [4.69, 9.17) is 19.6 Å². The summed E-state index contributed by atoms with van der Waals surface area (Å²) in [5.41, 5.74) is 4.59. The molecule has 3 aromatic rings. The quantitative estimate of drug-likeness (QED) is 0.623. The summed E-state index contributed by atoms with van der Waals surface area (Å²) in [5.74, 6) is 2.39. The van der Waals surface area contributed by atoms with E-state index in [1.807, 2.05) is 35.1 Å². The van der Waals surface area contributed by atoms with Crippen LogP contribution in [-0.2, 0) is 24.2 Å². The van der Waals surface area contributed by atoms with Gasteiger partial charge in [-0.25, -0.2) is 9.50 Å². The summed E-state index contributed by atoms with van der Waals surface area (Å²) in [6, 6.07) is 5.64. The van der Waals surface area contributed by atoms with Crippen molar-refractivity contribution in [3.8, 4) is 11.5 Å². The Morgan fingerprint density at radius 3 is 2.91 bits per heavy atom. The highest BCUT2D eigenvalue weighted by atomic mass is 16.5. The minimum absolute atomic E-state index is 0.0695. The summed E-state index contributed by atoms with van der Waals surface area (Å²) in [6.45, 7) is 1.99. The minimum atomic E-state index is -0.0798. The maximum Gasteiger partial charge on any atom is 0.225 e. The van der Waals surface area contributed by atoms with Crippen LogP contribution in [0.3, 0.4) is 0 Å². The molecule has 5 rings (SSSR count). The molecule has 1 atom stereocenters. The van der Waals surface area contributed by atoms with Crippen LogP contribution in [0.2, 0.25) is 0 Å². The zero-order chi connectivity index (χ0) is 22.8. The van der Waals surface area contributed by atoms with E-state index < -0.39 is 0 Å². The Morgan fingerprint density at radius 1 is 1.18 bits per heavy atom. The molecule has 1 N–H and O–H groups in total. The Labute approximate surface area is 193 Å². The van der Waals surface area contributed by atoms with E-state index in [2.05, 4.69) is 10.2 Å². The van der Waals surface area contributed by atoms with Gasteiger partial charge in [-0.05, 0) is 50.7 Å². The normalized spacial score (nSPS) is 18.1. The Hall–Kier alpha value is -3.29. The van der Waals surface area contributed by atoms with Crippen molar-refractivity contribution in [1.82, 2.24) is 19.9 Å². The lowest BCUT2D eigenvalue weighted by atomic mass is 9.95. The fraction of sp³-hybridized carbons (Fsp3) is 0.480. The topological polar surface area (TPSA) is 81.0 Å². The number of amides is 1. The molecule has 1 aliphatic heterocycles. The van der Waals surface area contributed by atoms with Gasteiger partial charge in [-0.3, -0.25) is 4.79 Å². The number of nitrogens with zero attached hydrogens (tertiary/aromatic N) is 4. The van der Waals surface area contributed by atoms with Crippen molar-refractivity contribution in [2.45, 2.75) is 45.1 Å². The molecule has 1 saturated heterocycles. The van der Waals surface area contributed by atoms with Crippen molar-refractivity contribution in [1.29, 1.82) is 0 Å². The molecular weight excluding hydrogens is 418 g/mol. The number of methoxy groups -OCH3 is 2. The van der Waals surface area contributed by atoms with E-state index in [0.29, 0.717) is 18.8 Å².